The van der Waals surface area contributed by atoms with Gasteiger partial charge in [-0.2, -0.15) is 0 Å². The topological polar surface area (TPSA) is 105 Å². The molecule has 0 bridgehead atoms. The summed E-state index contributed by atoms with van der Waals surface area (Å²) in [4.78, 5) is 33.7. The maximum absolute atomic E-state index is 11.9. The molecule has 0 aromatic heterocycles. The minimum absolute atomic E-state index is 0.0369. The van der Waals surface area contributed by atoms with Crippen LogP contribution in [0.4, 0.5) is 0 Å². The Balaban J connectivity index is 2.34. The molecule has 1 rings (SSSR count). The minimum Gasteiger partial charge on any atom is -0.494 e. The van der Waals surface area contributed by atoms with Crippen molar-refractivity contribution in [2.24, 2.45) is 5.92 Å². The van der Waals surface area contributed by atoms with Gasteiger partial charge in [0.25, 0.3) is 5.91 Å². The number of ether oxygens (including phenoxy) is 1. The lowest BCUT2D eigenvalue weighted by Gasteiger charge is -2.09. The van der Waals surface area contributed by atoms with E-state index in [0.717, 1.165) is 6.42 Å². The summed E-state index contributed by atoms with van der Waals surface area (Å²) in [6.07, 6.45) is 1.13. The molecule has 0 heterocycles. The number of carbonyl (C=O) groups is 3. The monoisotopic (exact) mass is 336 g/mol. The van der Waals surface area contributed by atoms with Gasteiger partial charge in [0.05, 0.1) is 6.61 Å². The molecular weight excluding hydrogens is 312 g/mol. The minimum atomic E-state index is -0.956. The van der Waals surface area contributed by atoms with Crippen molar-refractivity contribution in [2.45, 2.75) is 39.5 Å². The highest BCUT2D eigenvalue weighted by Crippen LogP contribution is 2.13. The van der Waals surface area contributed by atoms with Crippen molar-refractivity contribution in [1.82, 2.24) is 10.9 Å². The van der Waals surface area contributed by atoms with E-state index in [2.05, 4.69) is 24.7 Å². The largest absolute Gasteiger partial charge is 0.494 e. The molecule has 132 valence electrons. The molecule has 1 aromatic rings. The summed E-state index contributed by atoms with van der Waals surface area (Å²) < 4.78 is 5.56. The highest BCUT2D eigenvalue weighted by atomic mass is 16.5. The molecule has 0 saturated heterocycles. The molecule has 3 N–H and O–H groups in total. The summed E-state index contributed by atoms with van der Waals surface area (Å²) in [5.74, 6) is -0.588. The first-order valence-corrected chi connectivity index (χ1v) is 7.92. The molecule has 0 fully saturated rings. The normalized spacial score (nSPS) is 10.3. The van der Waals surface area contributed by atoms with Crippen LogP contribution >= 0.6 is 0 Å². The highest BCUT2D eigenvalue weighted by Gasteiger charge is 2.08. The van der Waals surface area contributed by atoms with E-state index in [9.17, 15) is 14.4 Å². The van der Waals surface area contributed by atoms with Crippen LogP contribution in [0.5, 0.6) is 5.75 Å². The number of rotatable bonds is 9. The van der Waals surface area contributed by atoms with Crippen LogP contribution in [0.15, 0.2) is 24.3 Å². The second-order valence-electron chi connectivity index (χ2n) is 5.80. The first-order chi connectivity index (χ1) is 11.4. The molecule has 0 aliphatic rings. The number of hydrogen-bond donors (Lipinski definition) is 3. The Kier molecular flexibility index (Phi) is 8.32. The summed E-state index contributed by atoms with van der Waals surface area (Å²) in [5, 5.41) is 8.48. The average molecular weight is 336 g/mol. The molecule has 0 aliphatic heterocycles. The van der Waals surface area contributed by atoms with Crippen molar-refractivity contribution >= 4 is 17.8 Å². The lowest BCUT2D eigenvalue weighted by atomic mass is 10.1. The number of hydrazine groups is 1. The van der Waals surface area contributed by atoms with Gasteiger partial charge in [0.15, 0.2) is 0 Å². The van der Waals surface area contributed by atoms with Crippen molar-refractivity contribution < 1.29 is 24.2 Å². The van der Waals surface area contributed by atoms with Gasteiger partial charge in [0.1, 0.15) is 5.75 Å². The standard InChI is InChI=1S/C17H24N2O5/c1-12(2)10-11-24-14-8-6-13(7-9-14)17(23)19-18-15(20)4-3-5-16(21)22/h6-9,12H,3-5,10-11H2,1-2H3,(H,18,20)(H,19,23)(H,21,22). The van der Waals surface area contributed by atoms with Gasteiger partial charge < -0.3 is 9.84 Å². The molecule has 7 heteroatoms. The Labute approximate surface area is 141 Å². The average Bonchev–Trinajstić information content (AvgIpc) is 2.52. The summed E-state index contributed by atoms with van der Waals surface area (Å²) in [7, 11) is 0. The fraction of sp³-hybridized carbons (Fsp3) is 0.471. The molecule has 0 spiro atoms. The van der Waals surface area contributed by atoms with E-state index < -0.39 is 17.8 Å². The van der Waals surface area contributed by atoms with E-state index in [1.165, 1.54) is 0 Å². The van der Waals surface area contributed by atoms with Crippen LogP contribution in [-0.4, -0.2) is 29.5 Å². The maximum atomic E-state index is 11.9. The van der Waals surface area contributed by atoms with E-state index >= 15 is 0 Å². The van der Waals surface area contributed by atoms with Gasteiger partial charge in [-0.1, -0.05) is 13.8 Å². The molecule has 7 nitrogen and oxygen atoms in total. The zero-order chi connectivity index (χ0) is 17.9. The van der Waals surface area contributed by atoms with Crippen LogP contribution in [-0.2, 0) is 9.59 Å². The van der Waals surface area contributed by atoms with E-state index in [1.807, 2.05) is 0 Å². The van der Waals surface area contributed by atoms with Crippen LogP contribution in [0.1, 0.15) is 49.9 Å². The van der Waals surface area contributed by atoms with E-state index in [4.69, 9.17) is 9.84 Å². The number of carboxylic acid groups (broad SMARTS) is 1. The van der Waals surface area contributed by atoms with E-state index in [-0.39, 0.29) is 19.3 Å². The van der Waals surface area contributed by atoms with Gasteiger partial charge in [-0.3, -0.25) is 25.2 Å². The van der Waals surface area contributed by atoms with Crippen LogP contribution < -0.4 is 15.6 Å². The quantitative estimate of drug-likeness (QED) is 0.599. The second-order valence-corrected chi connectivity index (χ2v) is 5.80. The molecule has 0 unspecified atom stereocenters. The molecule has 0 atom stereocenters. The van der Waals surface area contributed by atoms with Crippen molar-refractivity contribution in [1.29, 1.82) is 0 Å². The van der Waals surface area contributed by atoms with Gasteiger partial charge in [-0.25, -0.2) is 0 Å². The number of aliphatic carboxylic acids is 1. The molecule has 2 amide bonds. The van der Waals surface area contributed by atoms with Gasteiger partial charge in [-0.05, 0) is 43.0 Å². The number of benzene rings is 1. The molecule has 0 saturated carbocycles. The number of amides is 2. The van der Waals surface area contributed by atoms with Crippen molar-refractivity contribution in [3.63, 3.8) is 0 Å². The maximum Gasteiger partial charge on any atom is 0.303 e. The smallest absolute Gasteiger partial charge is 0.303 e. The first-order valence-electron chi connectivity index (χ1n) is 7.92. The third-order valence-electron chi connectivity index (χ3n) is 3.19. The number of carboxylic acids is 1. The predicted octanol–water partition coefficient (Wildman–Crippen LogP) is 2.13. The molecule has 24 heavy (non-hydrogen) atoms. The van der Waals surface area contributed by atoms with Crippen LogP contribution in [0.2, 0.25) is 0 Å². The Hall–Kier alpha value is -2.57. The Morgan fingerprint density at radius 1 is 1.08 bits per heavy atom. The molecule has 0 aliphatic carbocycles. The number of nitrogens with one attached hydrogen (secondary N) is 2. The summed E-state index contributed by atoms with van der Waals surface area (Å²) in [6, 6.07) is 6.61. The van der Waals surface area contributed by atoms with Gasteiger partial charge in [-0.15, -0.1) is 0 Å². The third kappa shape index (κ3) is 8.17. The first kappa shape index (κ1) is 19.5. The van der Waals surface area contributed by atoms with E-state index in [0.29, 0.717) is 23.8 Å². The third-order valence-corrected chi connectivity index (χ3v) is 3.19. The van der Waals surface area contributed by atoms with Crippen LogP contribution in [0.3, 0.4) is 0 Å². The van der Waals surface area contributed by atoms with E-state index in [1.54, 1.807) is 24.3 Å². The van der Waals surface area contributed by atoms with Crippen molar-refractivity contribution in [3.8, 4) is 5.75 Å². The summed E-state index contributed by atoms with van der Waals surface area (Å²) >= 11 is 0. The fourth-order valence-electron chi connectivity index (χ4n) is 1.78. The van der Waals surface area contributed by atoms with Crippen molar-refractivity contribution in [3.05, 3.63) is 29.8 Å². The van der Waals surface area contributed by atoms with Crippen LogP contribution in [0.25, 0.3) is 0 Å². The SMILES string of the molecule is CC(C)CCOc1ccc(C(=O)NNC(=O)CCCC(=O)O)cc1. The van der Waals surface area contributed by atoms with Gasteiger partial charge in [0.2, 0.25) is 5.91 Å². The van der Waals surface area contributed by atoms with Crippen LogP contribution in [0, 0.1) is 5.92 Å². The Morgan fingerprint density at radius 2 is 1.75 bits per heavy atom. The lowest BCUT2D eigenvalue weighted by molar-refractivity contribution is -0.137. The van der Waals surface area contributed by atoms with Crippen molar-refractivity contribution in [2.75, 3.05) is 6.61 Å². The summed E-state index contributed by atoms with van der Waals surface area (Å²) in [6.45, 7) is 4.86. The predicted molar refractivity (Wildman–Crippen MR) is 88.5 cm³/mol. The molecule has 1 aromatic carbocycles. The summed E-state index contributed by atoms with van der Waals surface area (Å²) in [5.41, 5.74) is 4.93. The zero-order valence-corrected chi connectivity index (χ0v) is 14.0. The van der Waals surface area contributed by atoms with Gasteiger partial charge in [0, 0.05) is 18.4 Å². The Morgan fingerprint density at radius 3 is 2.33 bits per heavy atom. The molecule has 0 radical (unpaired) electrons. The fourth-order valence-corrected chi connectivity index (χ4v) is 1.78. The zero-order valence-electron chi connectivity index (χ0n) is 14.0. The number of carbonyl (C=O) groups excluding carboxylic acids is 2. The number of hydrogen-bond acceptors (Lipinski definition) is 4. The van der Waals surface area contributed by atoms with Gasteiger partial charge >= 0.3 is 5.97 Å². The highest BCUT2D eigenvalue weighted by molar-refractivity contribution is 5.95. The Bertz CT molecular complexity index is 555. The second kappa shape index (κ2) is 10.3. The molecular formula is C17H24N2O5. The lowest BCUT2D eigenvalue weighted by Crippen LogP contribution is -2.41.